The molecule has 0 bridgehead atoms. The molecule has 0 saturated carbocycles. The van der Waals surface area contributed by atoms with E-state index in [1.807, 2.05) is 6.07 Å². The number of aromatic nitrogens is 4. The molecule has 0 fully saturated rings. The average molecular weight is 341 g/mol. The summed E-state index contributed by atoms with van der Waals surface area (Å²) in [6.07, 6.45) is 3.42. The van der Waals surface area contributed by atoms with Crippen LogP contribution in [0.5, 0.6) is 0 Å². The van der Waals surface area contributed by atoms with E-state index in [1.165, 1.54) is 4.68 Å². The number of nitrogens with zero attached hydrogens (tertiary/aromatic N) is 3. The molecule has 0 unspecified atom stereocenters. The van der Waals surface area contributed by atoms with Gasteiger partial charge < -0.3 is 10.5 Å². The number of carbonyl (C=O) groups excluding carboxylic acids is 2. The second-order valence-electron chi connectivity index (χ2n) is 6.68. The molecule has 130 valence electrons. The van der Waals surface area contributed by atoms with Gasteiger partial charge in [-0.3, -0.25) is 19.4 Å². The van der Waals surface area contributed by atoms with E-state index < -0.39 is 17.5 Å². The van der Waals surface area contributed by atoms with Crippen LogP contribution >= 0.6 is 0 Å². The van der Waals surface area contributed by atoms with Crippen LogP contribution in [-0.2, 0) is 16.1 Å². The summed E-state index contributed by atoms with van der Waals surface area (Å²) in [5.74, 6) is -1.09. The van der Waals surface area contributed by atoms with E-state index in [4.69, 9.17) is 10.5 Å². The third-order valence-corrected chi connectivity index (χ3v) is 3.51. The number of rotatable bonds is 4. The number of carbonyl (C=O) groups is 2. The summed E-state index contributed by atoms with van der Waals surface area (Å²) >= 11 is 0. The first kappa shape index (κ1) is 16.7. The minimum absolute atomic E-state index is 0.105. The molecule has 0 aliphatic rings. The van der Waals surface area contributed by atoms with E-state index in [-0.39, 0.29) is 12.2 Å². The molecule has 3 rings (SSSR count). The Kier molecular flexibility index (Phi) is 4.03. The molecule has 0 radical (unpaired) electrons. The van der Waals surface area contributed by atoms with Gasteiger partial charge in [0.2, 0.25) is 0 Å². The number of nitrogens with two attached hydrogens (primary N) is 1. The number of hydrogen-bond donors (Lipinski definition) is 2. The summed E-state index contributed by atoms with van der Waals surface area (Å²) in [5.41, 5.74) is 7.33. The average Bonchev–Trinajstić information content (AvgIpc) is 3.13. The summed E-state index contributed by atoms with van der Waals surface area (Å²) < 4.78 is 6.75. The fourth-order valence-corrected chi connectivity index (χ4v) is 2.57. The first-order chi connectivity index (χ1) is 11.7. The van der Waals surface area contributed by atoms with Gasteiger partial charge in [-0.05, 0) is 38.5 Å². The first-order valence-corrected chi connectivity index (χ1v) is 7.76. The number of H-pyrrole nitrogens is 1. The second-order valence-corrected chi connectivity index (χ2v) is 6.68. The number of hydrogen-bond acceptors (Lipinski definition) is 5. The first-order valence-electron chi connectivity index (χ1n) is 7.76. The highest BCUT2D eigenvalue weighted by molar-refractivity contribution is 6.05. The van der Waals surface area contributed by atoms with Crippen LogP contribution < -0.4 is 5.73 Å². The number of esters is 1. The molecule has 0 aliphatic heterocycles. The molecule has 3 aromatic rings. The Labute approximate surface area is 144 Å². The molecule has 0 spiro atoms. The number of benzene rings is 1. The molecule has 2 heterocycles. The monoisotopic (exact) mass is 341 g/mol. The highest BCUT2D eigenvalue weighted by atomic mass is 16.6. The highest BCUT2D eigenvalue weighted by Gasteiger charge is 2.21. The fourth-order valence-electron chi connectivity index (χ4n) is 2.57. The maximum atomic E-state index is 12.1. The lowest BCUT2D eigenvalue weighted by molar-refractivity contribution is -0.155. The van der Waals surface area contributed by atoms with E-state index in [1.54, 1.807) is 45.3 Å². The molecule has 0 atom stereocenters. The number of nitrogens with one attached hydrogen (secondary N) is 1. The van der Waals surface area contributed by atoms with Crippen molar-refractivity contribution in [1.82, 2.24) is 20.0 Å². The van der Waals surface area contributed by atoms with Crippen LogP contribution in [0.2, 0.25) is 0 Å². The molecule has 3 N–H and O–H groups in total. The molecular weight excluding hydrogens is 322 g/mol. The van der Waals surface area contributed by atoms with Gasteiger partial charge in [0.15, 0.2) is 5.69 Å². The normalized spacial score (nSPS) is 11.6. The Morgan fingerprint density at radius 1 is 1.28 bits per heavy atom. The van der Waals surface area contributed by atoms with Crippen LogP contribution in [-0.4, -0.2) is 37.5 Å². The molecule has 8 heteroatoms. The standard InChI is InChI=1S/C17H19N5O3/c1-17(2,3)25-14(23)9-22-13-5-4-10(11-7-19-20-8-11)6-12(13)15(21-22)16(18)24/h4-8H,9H2,1-3H3,(H2,18,24)(H,19,20). The molecule has 0 aliphatic carbocycles. The Morgan fingerprint density at radius 2 is 2.04 bits per heavy atom. The zero-order valence-corrected chi connectivity index (χ0v) is 14.2. The Hall–Kier alpha value is -3.16. The van der Waals surface area contributed by atoms with Gasteiger partial charge >= 0.3 is 5.97 Å². The number of fused-ring (bicyclic) bond motifs is 1. The fraction of sp³-hybridized carbons (Fsp3) is 0.294. The van der Waals surface area contributed by atoms with E-state index >= 15 is 0 Å². The largest absolute Gasteiger partial charge is 0.459 e. The van der Waals surface area contributed by atoms with E-state index in [0.717, 1.165) is 11.1 Å². The van der Waals surface area contributed by atoms with Crippen molar-refractivity contribution in [3.8, 4) is 11.1 Å². The smallest absolute Gasteiger partial charge is 0.328 e. The van der Waals surface area contributed by atoms with Crippen molar-refractivity contribution in [1.29, 1.82) is 0 Å². The van der Waals surface area contributed by atoms with Crippen LogP contribution in [0.15, 0.2) is 30.6 Å². The highest BCUT2D eigenvalue weighted by Crippen LogP contribution is 2.26. The predicted octanol–water partition coefficient (Wildman–Crippen LogP) is 1.87. The third kappa shape index (κ3) is 3.52. The lowest BCUT2D eigenvalue weighted by Gasteiger charge is -2.19. The second kappa shape index (κ2) is 6.04. The number of ether oxygens (including phenoxy) is 1. The van der Waals surface area contributed by atoms with Crippen LogP contribution in [0.1, 0.15) is 31.3 Å². The number of primary amides is 1. The minimum atomic E-state index is -0.655. The molecule has 25 heavy (non-hydrogen) atoms. The molecule has 0 saturated heterocycles. The van der Waals surface area contributed by atoms with Gasteiger partial charge in [-0.2, -0.15) is 10.2 Å². The van der Waals surface area contributed by atoms with Gasteiger partial charge in [-0.25, -0.2) is 0 Å². The molecule has 1 aromatic carbocycles. The molecule has 1 amide bonds. The van der Waals surface area contributed by atoms with E-state index in [9.17, 15) is 9.59 Å². The Balaban J connectivity index is 2.03. The molecule has 8 nitrogen and oxygen atoms in total. The van der Waals surface area contributed by atoms with Crippen molar-refractivity contribution < 1.29 is 14.3 Å². The Morgan fingerprint density at radius 3 is 2.64 bits per heavy atom. The lowest BCUT2D eigenvalue weighted by Crippen LogP contribution is -2.27. The van der Waals surface area contributed by atoms with Crippen LogP contribution in [0, 0.1) is 0 Å². The van der Waals surface area contributed by atoms with Gasteiger partial charge in [0, 0.05) is 17.1 Å². The van der Waals surface area contributed by atoms with Crippen molar-refractivity contribution in [3.63, 3.8) is 0 Å². The van der Waals surface area contributed by atoms with Gasteiger partial charge in [-0.1, -0.05) is 6.07 Å². The maximum Gasteiger partial charge on any atom is 0.328 e. The van der Waals surface area contributed by atoms with Gasteiger partial charge in [-0.15, -0.1) is 0 Å². The lowest BCUT2D eigenvalue weighted by atomic mass is 10.1. The topological polar surface area (TPSA) is 116 Å². The number of aromatic amines is 1. The van der Waals surface area contributed by atoms with Crippen molar-refractivity contribution in [2.75, 3.05) is 0 Å². The van der Waals surface area contributed by atoms with Crippen LogP contribution in [0.3, 0.4) is 0 Å². The van der Waals surface area contributed by atoms with Crippen molar-refractivity contribution >= 4 is 22.8 Å². The molecular formula is C17H19N5O3. The summed E-state index contributed by atoms with van der Waals surface area (Å²) in [5, 5.41) is 11.4. The zero-order chi connectivity index (χ0) is 18.2. The van der Waals surface area contributed by atoms with Gasteiger partial charge in [0.1, 0.15) is 12.1 Å². The minimum Gasteiger partial charge on any atom is -0.459 e. The zero-order valence-electron chi connectivity index (χ0n) is 14.2. The third-order valence-electron chi connectivity index (χ3n) is 3.51. The van der Waals surface area contributed by atoms with Crippen molar-refractivity contribution in [2.24, 2.45) is 5.73 Å². The summed E-state index contributed by atoms with van der Waals surface area (Å²) in [4.78, 5) is 23.8. The predicted molar refractivity (Wildman–Crippen MR) is 91.7 cm³/mol. The van der Waals surface area contributed by atoms with Gasteiger partial charge in [0.25, 0.3) is 5.91 Å². The quantitative estimate of drug-likeness (QED) is 0.703. The summed E-state index contributed by atoms with van der Waals surface area (Å²) in [6.45, 7) is 5.26. The number of amides is 1. The summed E-state index contributed by atoms with van der Waals surface area (Å²) in [6, 6.07) is 5.46. The van der Waals surface area contributed by atoms with Crippen molar-refractivity contribution in [3.05, 3.63) is 36.3 Å². The van der Waals surface area contributed by atoms with E-state index in [2.05, 4.69) is 15.3 Å². The van der Waals surface area contributed by atoms with Crippen molar-refractivity contribution in [2.45, 2.75) is 32.9 Å². The SMILES string of the molecule is CC(C)(C)OC(=O)Cn1nc(C(N)=O)c2cc(-c3cn[nH]c3)ccc21. The molecule has 2 aromatic heterocycles. The Bertz CT molecular complexity index is 935. The van der Waals surface area contributed by atoms with Gasteiger partial charge in [0.05, 0.1) is 11.7 Å². The summed E-state index contributed by atoms with van der Waals surface area (Å²) in [7, 11) is 0. The van der Waals surface area contributed by atoms with Crippen LogP contribution in [0.25, 0.3) is 22.0 Å². The maximum absolute atomic E-state index is 12.1. The van der Waals surface area contributed by atoms with E-state index in [0.29, 0.717) is 10.9 Å². The van der Waals surface area contributed by atoms with Crippen LogP contribution in [0.4, 0.5) is 0 Å².